The zero-order valence-corrected chi connectivity index (χ0v) is 23.3. The molecule has 2 atom stereocenters. The van der Waals surface area contributed by atoms with Crippen molar-refractivity contribution >= 4 is 76.4 Å². The molecule has 20 heteroatoms. The summed E-state index contributed by atoms with van der Waals surface area (Å²) in [5, 5.41) is 31.5. The Balaban J connectivity index is 1.48. The van der Waals surface area contributed by atoms with E-state index in [4.69, 9.17) is 4.84 Å². The van der Waals surface area contributed by atoms with Gasteiger partial charge in [-0.3, -0.25) is 24.1 Å². The minimum atomic E-state index is -1.28. The summed E-state index contributed by atoms with van der Waals surface area (Å²) in [4.78, 5) is 69.8. The molecular formula is C21H21N9O8S3. The van der Waals surface area contributed by atoms with Crippen LogP contribution in [0.2, 0.25) is 0 Å². The Labute approximate surface area is 243 Å². The average molecular weight is 624 g/mol. The van der Waals surface area contributed by atoms with E-state index in [-0.39, 0.29) is 53.4 Å². The van der Waals surface area contributed by atoms with Gasteiger partial charge in [0.1, 0.15) is 29.4 Å². The molecule has 0 radical (unpaired) electrons. The molecule has 4 heterocycles. The average Bonchev–Trinajstić information content (AvgIpc) is 3.61. The number of allylic oxidation sites excluding steroid dienone is 1. The van der Waals surface area contributed by atoms with E-state index in [1.165, 1.54) is 33.6 Å². The number of aliphatic carboxylic acids is 1. The van der Waals surface area contributed by atoms with Crippen molar-refractivity contribution in [1.29, 1.82) is 0 Å². The van der Waals surface area contributed by atoms with Crippen LogP contribution in [0.1, 0.15) is 5.69 Å². The predicted molar refractivity (Wildman–Crippen MR) is 145 cm³/mol. The van der Waals surface area contributed by atoms with Crippen LogP contribution < -0.4 is 10.6 Å². The first-order valence-corrected chi connectivity index (χ1v) is 14.4. The lowest BCUT2D eigenvalue weighted by Crippen LogP contribution is -2.71. The van der Waals surface area contributed by atoms with Crippen molar-refractivity contribution in [2.75, 3.05) is 30.0 Å². The van der Waals surface area contributed by atoms with Crippen LogP contribution in [0.25, 0.3) is 0 Å². The van der Waals surface area contributed by atoms with Gasteiger partial charge in [-0.25, -0.2) is 14.5 Å². The second kappa shape index (κ2) is 13.9. The summed E-state index contributed by atoms with van der Waals surface area (Å²) in [6.07, 6.45) is 2.04. The van der Waals surface area contributed by atoms with Gasteiger partial charge < -0.3 is 25.3 Å². The highest BCUT2D eigenvalue weighted by atomic mass is 32.2. The summed E-state index contributed by atoms with van der Waals surface area (Å²) in [5.41, 5.74) is 0.0934. The first kappa shape index (κ1) is 29.7. The third-order valence-corrected chi connectivity index (χ3v) is 8.53. The molecule has 1 fully saturated rings. The molecular weight excluding hydrogens is 602 g/mol. The van der Waals surface area contributed by atoms with Gasteiger partial charge in [0.2, 0.25) is 11.6 Å². The van der Waals surface area contributed by atoms with E-state index >= 15 is 0 Å². The summed E-state index contributed by atoms with van der Waals surface area (Å²) >= 11 is 3.54. The van der Waals surface area contributed by atoms with Crippen LogP contribution in [0, 0.1) is 0 Å². The number of β-lactam (4-membered cyclic amide) rings is 1. The van der Waals surface area contributed by atoms with E-state index in [1.807, 2.05) is 0 Å². The Morgan fingerprint density at radius 2 is 2.17 bits per heavy atom. The molecule has 2 aromatic rings. The summed E-state index contributed by atoms with van der Waals surface area (Å²) in [6.45, 7) is 3.96. The van der Waals surface area contributed by atoms with E-state index in [0.29, 0.717) is 23.7 Å². The zero-order valence-electron chi connectivity index (χ0n) is 20.9. The summed E-state index contributed by atoms with van der Waals surface area (Å²) in [6, 6.07) is -1.05. The van der Waals surface area contributed by atoms with Crippen LogP contribution in [-0.2, 0) is 40.1 Å². The highest BCUT2D eigenvalue weighted by Gasteiger charge is 2.54. The fraction of sp³-hybridized carbons (Fsp3) is 0.333. The van der Waals surface area contributed by atoms with Gasteiger partial charge in [-0.1, -0.05) is 23.0 Å². The molecule has 0 bridgehead atoms. The SMILES string of the molecule is C=CCn1nnnc1SCC1=C(C(=O)O)N2C(=O)C(NC(=O)C(=NOCCOC=O)c3csc(NC=O)n3)[C@H]2SC1. The molecule has 1 unspecified atom stereocenters. The van der Waals surface area contributed by atoms with Gasteiger partial charge in [0.15, 0.2) is 17.5 Å². The minimum Gasteiger partial charge on any atom is -0.477 e. The molecule has 3 amide bonds. The summed E-state index contributed by atoms with van der Waals surface area (Å²) in [5.74, 6) is -2.21. The number of carbonyl (C=O) groups excluding carboxylic acids is 4. The van der Waals surface area contributed by atoms with Gasteiger partial charge in [-0.05, 0) is 16.0 Å². The number of carboxylic acid groups (broad SMARTS) is 1. The highest BCUT2D eigenvalue weighted by Crippen LogP contribution is 2.41. The maximum Gasteiger partial charge on any atom is 0.352 e. The number of oxime groups is 1. The number of ether oxygens (including phenoxy) is 1. The Morgan fingerprint density at radius 1 is 1.34 bits per heavy atom. The molecule has 216 valence electrons. The van der Waals surface area contributed by atoms with Crippen molar-refractivity contribution < 1.29 is 38.7 Å². The molecule has 0 spiro atoms. The van der Waals surface area contributed by atoms with Crippen LogP contribution in [0.4, 0.5) is 5.13 Å². The maximum atomic E-state index is 13.2. The first-order valence-electron chi connectivity index (χ1n) is 11.5. The number of nitrogens with zero attached hydrogens (tertiary/aromatic N) is 7. The lowest BCUT2D eigenvalue weighted by atomic mass is 10.0. The number of hydrogen-bond donors (Lipinski definition) is 3. The van der Waals surface area contributed by atoms with Crippen LogP contribution in [0.3, 0.4) is 0 Å². The van der Waals surface area contributed by atoms with E-state index in [9.17, 15) is 29.1 Å². The molecule has 2 aliphatic rings. The third kappa shape index (κ3) is 6.72. The number of carbonyl (C=O) groups is 5. The number of carboxylic acids is 1. The first-order chi connectivity index (χ1) is 19.9. The van der Waals surface area contributed by atoms with Crippen molar-refractivity contribution in [2.45, 2.75) is 23.1 Å². The third-order valence-electron chi connectivity index (χ3n) is 5.37. The number of rotatable bonds is 16. The highest BCUT2D eigenvalue weighted by molar-refractivity contribution is 8.01. The molecule has 4 rings (SSSR count). The van der Waals surface area contributed by atoms with Gasteiger partial charge in [0.25, 0.3) is 18.3 Å². The molecule has 2 aromatic heterocycles. The van der Waals surface area contributed by atoms with Gasteiger partial charge in [-0.2, -0.15) is 0 Å². The van der Waals surface area contributed by atoms with Gasteiger partial charge in [0.05, 0.1) is 6.54 Å². The van der Waals surface area contributed by atoms with Crippen molar-refractivity contribution in [1.82, 2.24) is 35.4 Å². The number of hydrogen-bond acceptors (Lipinski definition) is 15. The Hall–Kier alpha value is -4.30. The Kier molecular flexibility index (Phi) is 10.0. The van der Waals surface area contributed by atoms with Crippen LogP contribution in [0.5, 0.6) is 0 Å². The number of nitrogens with one attached hydrogen (secondary N) is 2. The van der Waals surface area contributed by atoms with E-state index < -0.39 is 29.2 Å². The lowest BCUT2D eigenvalue weighted by molar-refractivity contribution is -0.150. The van der Waals surface area contributed by atoms with Crippen molar-refractivity contribution in [2.24, 2.45) is 5.16 Å². The molecule has 2 aliphatic heterocycles. The Bertz CT molecular complexity index is 1410. The number of amides is 3. The molecule has 3 N–H and O–H groups in total. The van der Waals surface area contributed by atoms with Crippen molar-refractivity contribution in [3.8, 4) is 0 Å². The molecule has 17 nitrogen and oxygen atoms in total. The molecule has 0 aromatic carbocycles. The monoisotopic (exact) mass is 623 g/mol. The van der Waals surface area contributed by atoms with E-state index in [1.54, 1.807) is 6.08 Å². The van der Waals surface area contributed by atoms with Gasteiger partial charge in [-0.15, -0.1) is 34.8 Å². The maximum absolute atomic E-state index is 13.2. The predicted octanol–water partition coefficient (Wildman–Crippen LogP) is -0.691. The minimum absolute atomic E-state index is 0.0531. The number of fused-ring (bicyclic) bond motifs is 1. The fourth-order valence-electron chi connectivity index (χ4n) is 3.64. The molecule has 1 saturated heterocycles. The quantitative estimate of drug-likeness (QED) is 0.0401. The standard InChI is InChI=1S/C21H21N9O8S3/c1-2-3-29-21(25-27-28-29)41-7-11-6-39-18-14(17(34)30(18)15(11)19(35)36)24-16(33)13(26-38-5-4-37-10-32)12-8-40-20(23-12)22-9-31/h2,8-10,14,18H,1,3-7H2,(H,24,33)(H,35,36)(H,22,23,31)/t14?,18-/m1/s1. The summed E-state index contributed by atoms with van der Waals surface area (Å²) < 4.78 is 6.03. The van der Waals surface area contributed by atoms with Crippen LogP contribution in [-0.4, -0.2) is 108 Å². The van der Waals surface area contributed by atoms with E-state index in [0.717, 1.165) is 16.2 Å². The number of tetrazole rings is 1. The van der Waals surface area contributed by atoms with Crippen LogP contribution in [0.15, 0.2) is 39.6 Å². The molecule has 0 aliphatic carbocycles. The van der Waals surface area contributed by atoms with E-state index in [2.05, 4.69) is 47.6 Å². The zero-order chi connectivity index (χ0) is 29.4. The van der Waals surface area contributed by atoms with Gasteiger partial charge >= 0.3 is 5.97 Å². The largest absolute Gasteiger partial charge is 0.477 e. The van der Waals surface area contributed by atoms with Crippen LogP contribution >= 0.6 is 34.9 Å². The molecule has 41 heavy (non-hydrogen) atoms. The topological polar surface area (TPSA) is 220 Å². The number of anilines is 1. The smallest absolute Gasteiger partial charge is 0.352 e. The summed E-state index contributed by atoms with van der Waals surface area (Å²) in [7, 11) is 0. The second-order valence-corrected chi connectivity index (χ2v) is 10.8. The Morgan fingerprint density at radius 3 is 2.90 bits per heavy atom. The van der Waals surface area contributed by atoms with Gasteiger partial charge in [0, 0.05) is 16.9 Å². The number of thioether (sulfide) groups is 2. The van der Waals surface area contributed by atoms with Crippen molar-refractivity contribution in [3.05, 3.63) is 35.0 Å². The fourth-order valence-corrected chi connectivity index (χ4v) is 6.67. The molecule has 0 saturated carbocycles. The van der Waals surface area contributed by atoms with Crippen molar-refractivity contribution in [3.63, 3.8) is 0 Å². The number of thiazole rings is 1. The lowest BCUT2D eigenvalue weighted by Gasteiger charge is -2.49. The number of aromatic nitrogens is 5. The normalized spacial score (nSPS) is 18.2. The second-order valence-electron chi connectivity index (χ2n) is 7.88.